The number of nitrogens with one attached hydrogen (secondary N) is 2. The highest BCUT2D eigenvalue weighted by molar-refractivity contribution is 14.0. The van der Waals surface area contributed by atoms with Gasteiger partial charge in [-0.05, 0) is 24.1 Å². The molecule has 0 saturated carbocycles. The Balaban J connectivity index is 0.00000288. The molecule has 0 amide bonds. The molecule has 0 atom stereocenters. The predicted octanol–water partition coefficient (Wildman–Crippen LogP) is 4.05. The van der Waals surface area contributed by atoms with Gasteiger partial charge in [-0.3, -0.25) is 4.99 Å². The van der Waals surface area contributed by atoms with Gasteiger partial charge in [-0.25, -0.2) is 0 Å². The molecule has 1 aromatic heterocycles. The van der Waals surface area contributed by atoms with Crippen molar-refractivity contribution in [3.63, 3.8) is 0 Å². The van der Waals surface area contributed by atoms with Crippen LogP contribution in [0.25, 0.3) is 0 Å². The van der Waals surface area contributed by atoms with Crippen LogP contribution in [0.15, 0.2) is 38.3 Å². The van der Waals surface area contributed by atoms with E-state index in [1.165, 1.54) is 5.56 Å². The van der Waals surface area contributed by atoms with E-state index in [2.05, 4.69) is 62.7 Å². The van der Waals surface area contributed by atoms with Crippen molar-refractivity contribution in [2.24, 2.45) is 4.99 Å². The molecule has 0 aliphatic heterocycles. The van der Waals surface area contributed by atoms with E-state index < -0.39 is 0 Å². The van der Waals surface area contributed by atoms with Crippen LogP contribution in [0, 0.1) is 0 Å². The fraction of sp³-hybridized carbons (Fsp3) is 0.412. The first-order valence-corrected chi connectivity index (χ1v) is 8.62. The largest absolute Gasteiger partial charge is 0.361 e. The minimum Gasteiger partial charge on any atom is -0.361 e. The summed E-state index contributed by atoms with van der Waals surface area (Å²) in [5.74, 6) is 1.70. The molecule has 2 aromatic rings. The standard InChI is InChI=1S/C17H23BrN4O.HI/c1-4-15-14(16(5-2)23-22-15)11-21-17(19-3)20-10-12-7-6-8-13(18)9-12;/h6-9H,4-5,10-11H2,1-3H3,(H2,19,20,21);1H. The number of guanidine groups is 1. The molecule has 132 valence electrons. The van der Waals surface area contributed by atoms with Gasteiger partial charge in [0.1, 0.15) is 5.76 Å². The van der Waals surface area contributed by atoms with Crippen LogP contribution < -0.4 is 10.6 Å². The van der Waals surface area contributed by atoms with E-state index in [0.717, 1.165) is 40.3 Å². The molecule has 0 aliphatic carbocycles. The van der Waals surface area contributed by atoms with Gasteiger partial charge in [0.25, 0.3) is 0 Å². The normalized spacial score (nSPS) is 11.1. The molecule has 1 aromatic carbocycles. The summed E-state index contributed by atoms with van der Waals surface area (Å²) >= 11 is 3.48. The number of benzene rings is 1. The second-order valence-corrected chi connectivity index (χ2v) is 6.06. The molecule has 5 nitrogen and oxygen atoms in total. The summed E-state index contributed by atoms with van der Waals surface area (Å²) in [6, 6.07) is 8.20. The molecule has 2 N–H and O–H groups in total. The Hall–Kier alpha value is -1.09. The lowest BCUT2D eigenvalue weighted by molar-refractivity contribution is 0.380. The second-order valence-electron chi connectivity index (χ2n) is 5.15. The third-order valence-corrected chi connectivity index (χ3v) is 4.11. The van der Waals surface area contributed by atoms with Crippen molar-refractivity contribution in [3.05, 3.63) is 51.3 Å². The SMILES string of the molecule is CCc1noc(CC)c1CNC(=NC)NCc1cccc(Br)c1.I. The summed E-state index contributed by atoms with van der Waals surface area (Å²) in [5, 5.41) is 10.8. The van der Waals surface area contributed by atoms with Crippen molar-refractivity contribution >= 4 is 45.9 Å². The minimum atomic E-state index is 0. The van der Waals surface area contributed by atoms with Crippen LogP contribution in [0.3, 0.4) is 0 Å². The first-order chi connectivity index (χ1) is 11.2. The number of halogens is 2. The highest BCUT2D eigenvalue weighted by Crippen LogP contribution is 2.15. The van der Waals surface area contributed by atoms with Crippen LogP contribution in [0.5, 0.6) is 0 Å². The molecule has 0 spiro atoms. The van der Waals surface area contributed by atoms with Gasteiger partial charge in [-0.15, -0.1) is 24.0 Å². The highest BCUT2D eigenvalue weighted by atomic mass is 127. The zero-order chi connectivity index (χ0) is 16.7. The topological polar surface area (TPSA) is 62.5 Å². The molecule has 1 heterocycles. The Morgan fingerprint density at radius 1 is 1.21 bits per heavy atom. The summed E-state index contributed by atoms with van der Waals surface area (Å²) in [5.41, 5.74) is 3.34. The first-order valence-electron chi connectivity index (χ1n) is 7.83. The summed E-state index contributed by atoms with van der Waals surface area (Å²) in [7, 11) is 1.77. The van der Waals surface area contributed by atoms with Gasteiger partial charge in [0.15, 0.2) is 5.96 Å². The average Bonchev–Trinajstić information content (AvgIpc) is 2.97. The van der Waals surface area contributed by atoms with Crippen LogP contribution in [-0.4, -0.2) is 18.2 Å². The number of aromatic nitrogens is 1. The van der Waals surface area contributed by atoms with Gasteiger partial charge >= 0.3 is 0 Å². The summed E-state index contributed by atoms with van der Waals surface area (Å²) in [6.07, 6.45) is 1.71. The van der Waals surface area contributed by atoms with Crippen LogP contribution in [-0.2, 0) is 25.9 Å². The van der Waals surface area contributed by atoms with E-state index >= 15 is 0 Å². The first kappa shape index (κ1) is 21.0. The monoisotopic (exact) mass is 506 g/mol. The van der Waals surface area contributed by atoms with Gasteiger partial charge in [0.2, 0.25) is 0 Å². The van der Waals surface area contributed by atoms with Gasteiger partial charge in [-0.2, -0.15) is 0 Å². The maximum absolute atomic E-state index is 5.39. The molecule has 2 rings (SSSR count). The molecular formula is C17H24BrIN4O. The maximum atomic E-state index is 5.39. The molecule has 0 bridgehead atoms. The molecule has 0 unspecified atom stereocenters. The summed E-state index contributed by atoms with van der Waals surface area (Å²) in [6.45, 7) is 5.53. The van der Waals surface area contributed by atoms with E-state index in [-0.39, 0.29) is 24.0 Å². The predicted molar refractivity (Wildman–Crippen MR) is 112 cm³/mol. The molecule has 0 saturated heterocycles. The Morgan fingerprint density at radius 2 is 1.96 bits per heavy atom. The Bertz CT molecular complexity index is 651. The zero-order valence-corrected chi connectivity index (χ0v) is 18.1. The van der Waals surface area contributed by atoms with Crippen LogP contribution in [0.4, 0.5) is 0 Å². The van der Waals surface area contributed by atoms with Crippen LogP contribution in [0.2, 0.25) is 0 Å². The smallest absolute Gasteiger partial charge is 0.191 e. The lowest BCUT2D eigenvalue weighted by atomic mass is 10.1. The van der Waals surface area contributed by atoms with Crippen molar-refractivity contribution < 1.29 is 4.52 Å². The third-order valence-electron chi connectivity index (χ3n) is 3.61. The van der Waals surface area contributed by atoms with Crippen molar-refractivity contribution in [1.29, 1.82) is 0 Å². The van der Waals surface area contributed by atoms with Gasteiger partial charge < -0.3 is 15.2 Å². The van der Waals surface area contributed by atoms with E-state index in [1.54, 1.807) is 7.05 Å². The average molecular weight is 507 g/mol. The van der Waals surface area contributed by atoms with Crippen molar-refractivity contribution in [1.82, 2.24) is 15.8 Å². The molecule has 24 heavy (non-hydrogen) atoms. The molecule has 0 fully saturated rings. The van der Waals surface area contributed by atoms with E-state index in [9.17, 15) is 0 Å². The molecule has 0 radical (unpaired) electrons. The van der Waals surface area contributed by atoms with Crippen molar-refractivity contribution in [3.8, 4) is 0 Å². The third kappa shape index (κ3) is 5.77. The quantitative estimate of drug-likeness (QED) is 0.352. The lowest BCUT2D eigenvalue weighted by Crippen LogP contribution is -2.36. The van der Waals surface area contributed by atoms with E-state index in [4.69, 9.17) is 4.52 Å². The van der Waals surface area contributed by atoms with Crippen molar-refractivity contribution in [2.75, 3.05) is 7.05 Å². The van der Waals surface area contributed by atoms with Crippen molar-refractivity contribution in [2.45, 2.75) is 39.8 Å². The number of hydrogen-bond acceptors (Lipinski definition) is 3. The Labute approximate surface area is 168 Å². The lowest BCUT2D eigenvalue weighted by Gasteiger charge is -2.12. The number of nitrogens with zero attached hydrogens (tertiary/aromatic N) is 2. The van der Waals surface area contributed by atoms with Crippen LogP contribution in [0.1, 0.15) is 36.4 Å². The Morgan fingerprint density at radius 3 is 2.58 bits per heavy atom. The minimum absolute atomic E-state index is 0. The van der Waals surface area contributed by atoms with E-state index in [0.29, 0.717) is 13.1 Å². The number of rotatable bonds is 6. The van der Waals surface area contributed by atoms with Crippen LogP contribution >= 0.6 is 39.9 Å². The number of aryl methyl sites for hydroxylation is 2. The molecular weight excluding hydrogens is 483 g/mol. The van der Waals surface area contributed by atoms with E-state index in [1.807, 2.05) is 12.1 Å². The van der Waals surface area contributed by atoms with Gasteiger partial charge in [-0.1, -0.05) is 47.1 Å². The summed E-state index contributed by atoms with van der Waals surface area (Å²) in [4.78, 5) is 4.27. The molecule has 0 aliphatic rings. The van der Waals surface area contributed by atoms with Gasteiger partial charge in [0, 0.05) is 36.6 Å². The number of aliphatic imine (C=N–C) groups is 1. The molecule has 7 heteroatoms. The Kier molecular flexibility index (Phi) is 9.35. The van der Waals surface area contributed by atoms with Gasteiger partial charge in [0.05, 0.1) is 5.69 Å². The highest BCUT2D eigenvalue weighted by Gasteiger charge is 2.13. The second kappa shape index (κ2) is 10.7. The zero-order valence-electron chi connectivity index (χ0n) is 14.2. The summed E-state index contributed by atoms with van der Waals surface area (Å²) < 4.78 is 6.46. The maximum Gasteiger partial charge on any atom is 0.191 e. The fourth-order valence-electron chi connectivity index (χ4n) is 2.36. The number of hydrogen-bond donors (Lipinski definition) is 2. The fourth-order valence-corrected chi connectivity index (χ4v) is 2.81.